The van der Waals surface area contributed by atoms with Gasteiger partial charge in [0.2, 0.25) is 0 Å². The molecule has 0 heterocycles. The van der Waals surface area contributed by atoms with Gasteiger partial charge in [-0.3, -0.25) is 0 Å². The van der Waals surface area contributed by atoms with Crippen LogP contribution in [0, 0.1) is 20.8 Å². The number of sulfone groups is 1. The van der Waals surface area contributed by atoms with E-state index in [-0.39, 0.29) is 5.75 Å². The Morgan fingerprint density at radius 1 is 1.05 bits per heavy atom. The minimum absolute atomic E-state index is 0.0197. The minimum Gasteiger partial charge on any atom is -0.399 e. The first kappa shape index (κ1) is 14.6. The van der Waals surface area contributed by atoms with Crippen molar-refractivity contribution in [1.29, 1.82) is 0 Å². The fraction of sp³-hybridized carbons (Fsp3) is 0.250. The molecule has 0 spiro atoms. The standard InChI is InChI=1S/C16H19NO2S/c1-11-7-8-12(2)16(9-11)20(18,19)10-14-5-4-6-15(17)13(14)3/h4-9H,10,17H2,1-3H3. The molecule has 0 bridgehead atoms. The highest BCUT2D eigenvalue weighted by molar-refractivity contribution is 7.90. The van der Waals surface area contributed by atoms with E-state index in [4.69, 9.17) is 5.73 Å². The molecule has 0 amide bonds. The Bertz CT molecular complexity index is 749. The molecule has 0 fully saturated rings. The van der Waals surface area contributed by atoms with E-state index in [2.05, 4.69) is 0 Å². The quantitative estimate of drug-likeness (QED) is 0.883. The van der Waals surface area contributed by atoms with Crippen LogP contribution in [0.1, 0.15) is 22.3 Å². The van der Waals surface area contributed by atoms with E-state index in [1.165, 1.54) is 0 Å². The number of hydrogen-bond acceptors (Lipinski definition) is 3. The van der Waals surface area contributed by atoms with Crippen molar-refractivity contribution in [3.05, 3.63) is 58.7 Å². The van der Waals surface area contributed by atoms with Crippen LogP contribution in [0.4, 0.5) is 5.69 Å². The highest BCUT2D eigenvalue weighted by Crippen LogP contribution is 2.24. The third kappa shape index (κ3) is 2.85. The summed E-state index contributed by atoms with van der Waals surface area (Å²) in [5.74, 6) is -0.0197. The van der Waals surface area contributed by atoms with E-state index in [1.807, 2.05) is 39.0 Å². The Morgan fingerprint density at radius 2 is 1.75 bits per heavy atom. The monoisotopic (exact) mass is 289 g/mol. The largest absolute Gasteiger partial charge is 0.399 e. The van der Waals surface area contributed by atoms with Gasteiger partial charge in [-0.1, -0.05) is 24.3 Å². The molecule has 0 aromatic heterocycles. The molecule has 0 unspecified atom stereocenters. The summed E-state index contributed by atoms with van der Waals surface area (Å²) in [6.07, 6.45) is 0. The number of benzene rings is 2. The summed E-state index contributed by atoms with van der Waals surface area (Å²) in [5, 5.41) is 0. The Balaban J connectivity index is 2.46. The third-order valence-electron chi connectivity index (χ3n) is 3.51. The first-order valence-electron chi connectivity index (χ1n) is 6.45. The molecule has 3 nitrogen and oxygen atoms in total. The van der Waals surface area contributed by atoms with Gasteiger partial charge in [-0.2, -0.15) is 0 Å². The topological polar surface area (TPSA) is 60.2 Å². The van der Waals surface area contributed by atoms with Crippen LogP contribution < -0.4 is 5.73 Å². The number of aryl methyl sites for hydroxylation is 2. The fourth-order valence-electron chi connectivity index (χ4n) is 2.18. The average Bonchev–Trinajstić information content (AvgIpc) is 2.37. The molecule has 0 aliphatic rings. The van der Waals surface area contributed by atoms with Crippen molar-refractivity contribution in [3.8, 4) is 0 Å². The number of nitrogen functional groups attached to an aromatic ring is 1. The van der Waals surface area contributed by atoms with Gasteiger partial charge in [0, 0.05) is 5.69 Å². The number of hydrogen-bond donors (Lipinski definition) is 1. The van der Waals surface area contributed by atoms with Gasteiger partial charge in [0.15, 0.2) is 9.84 Å². The molecule has 106 valence electrons. The lowest BCUT2D eigenvalue weighted by atomic mass is 10.1. The molecule has 0 atom stereocenters. The molecular weight excluding hydrogens is 270 g/mol. The zero-order valence-corrected chi connectivity index (χ0v) is 12.8. The van der Waals surface area contributed by atoms with Gasteiger partial charge >= 0.3 is 0 Å². The Kier molecular flexibility index (Phi) is 3.86. The summed E-state index contributed by atoms with van der Waals surface area (Å²) in [6, 6.07) is 10.9. The van der Waals surface area contributed by atoms with Crippen LogP contribution in [0.25, 0.3) is 0 Å². The van der Waals surface area contributed by atoms with Gasteiger partial charge < -0.3 is 5.73 Å². The van der Waals surface area contributed by atoms with E-state index in [0.717, 1.165) is 22.3 Å². The fourth-order valence-corrected chi connectivity index (χ4v) is 3.99. The van der Waals surface area contributed by atoms with Crippen LogP contribution in [0.15, 0.2) is 41.3 Å². The van der Waals surface area contributed by atoms with Crippen molar-refractivity contribution in [1.82, 2.24) is 0 Å². The number of nitrogens with two attached hydrogens (primary N) is 1. The Hall–Kier alpha value is -1.81. The molecule has 0 radical (unpaired) electrons. The van der Waals surface area contributed by atoms with Crippen molar-refractivity contribution in [2.24, 2.45) is 0 Å². The molecule has 4 heteroatoms. The molecular formula is C16H19NO2S. The molecule has 20 heavy (non-hydrogen) atoms. The zero-order chi connectivity index (χ0) is 14.9. The van der Waals surface area contributed by atoms with Gasteiger partial charge in [0.1, 0.15) is 0 Å². The van der Waals surface area contributed by atoms with Gasteiger partial charge in [0.05, 0.1) is 10.6 Å². The Morgan fingerprint density at radius 3 is 2.45 bits per heavy atom. The van der Waals surface area contributed by atoms with Gasteiger partial charge in [0.25, 0.3) is 0 Å². The third-order valence-corrected chi connectivity index (χ3v) is 5.31. The van der Waals surface area contributed by atoms with Crippen LogP contribution >= 0.6 is 0 Å². The second-order valence-corrected chi connectivity index (χ2v) is 7.12. The van der Waals surface area contributed by atoms with Crippen molar-refractivity contribution >= 4 is 15.5 Å². The summed E-state index contributed by atoms with van der Waals surface area (Å²) >= 11 is 0. The maximum absolute atomic E-state index is 12.6. The second kappa shape index (κ2) is 5.29. The summed E-state index contributed by atoms with van der Waals surface area (Å²) in [6.45, 7) is 5.56. The number of anilines is 1. The van der Waals surface area contributed by atoms with Crippen LogP contribution in [-0.4, -0.2) is 8.42 Å². The van der Waals surface area contributed by atoms with E-state index in [0.29, 0.717) is 10.6 Å². The summed E-state index contributed by atoms with van der Waals surface area (Å²) < 4.78 is 25.2. The summed E-state index contributed by atoms with van der Waals surface area (Å²) in [5.41, 5.74) is 9.77. The summed E-state index contributed by atoms with van der Waals surface area (Å²) in [7, 11) is -3.36. The van der Waals surface area contributed by atoms with Crippen molar-refractivity contribution in [3.63, 3.8) is 0 Å². The van der Waals surface area contributed by atoms with Gasteiger partial charge in [-0.15, -0.1) is 0 Å². The highest BCUT2D eigenvalue weighted by Gasteiger charge is 2.19. The molecule has 2 aromatic rings. The minimum atomic E-state index is -3.36. The van der Waals surface area contributed by atoms with Crippen LogP contribution in [0.5, 0.6) is 0 Å². The predicted octanol–water partition coefficient (Wildman–Crippen LogP) is 3.17. The van der Waals surface area contributed by atoms with Crippen LogP contribution in [-0.2, 0) is 15.6 Å². The summed E-state index contributed by atoms with van der Waals surface area (Å²) in [4.78, 5) is 0.402. The number of rotatable bonds is 3. The van der Waals surface area contributed by atoms with Crippen molar-refractivity contribution in [2.75, 3.05) is 5.73 Å². The lowest BCUT2D eigenvalue weighted by Crippen LogP contribution is -2.09. The SMILES string of the molecule is Cc1ccc(C)c(S(=O)(=O)Cc2cccc(N)c2C)c1. The highest BCUT2D eigenvalue weighted by atomic mass is 32.2. The molecule has 0 aliphatic heterocycles. The Labute approximate surface area is 120 Å². The molecule has 2 rings (SSSR count). The maximum Gasteiger partial charge on any atom is 0.182 e. The molecule has 0 aliphatic carbocycles. The van der Waals surface area contributed by atoms with Crippen LogP contribution in [0.2, 0.25) is 0 Å². The van der Waals surface area contributed by atoms with Gasteiger partial charge in [-0.05, 0) is 55.2 Å². The lowest BCUT2D eigenvalue weighted by molar-refractivity contribution is 0.594. The van der Waals surface area contributed by atoms with E-state index < -0.39 is 9.84 Å². The molecule has 2 aromatic carbocycles. The van der Waals surface area contributed by atoms with Crippen molar-refractivity contribution in [2.45, 2.75) is 31.4 Å². The average molecular weight is 289 g/mol. The zero-order valence-electron chi connectivity index (χ0n) is 12.0. The molecule has 0 saturated carbocycles. The van der Waals surface area contributed by atoms with Crippen molar-refractivity contribution < 1.29 is 8.42 Å². The predicted molar refractivity (Wildman–Crippen MR) is 82.4 cm³/mol. The normalized spacial score (nSPS) is 11.6. The molecule has 2 N–H and O–H groups in total. The smallest absolute Gasteiger partial charge is 0.182 e. The maximum atomic E-state index is 12.6. The lowest BCUT2D eigenvalue weighted by Gasteiger charge is -2.11. The second-order valence-electron chi connectivity index (χ2n) is 5.16. The van der Waals surface area contributed by atoms with E-state index >= 15 is 0 Å². The molecule has 0 saturated heterocycles. The van der Waals surface area contributed by atoms with E-state index in [9.17, 15) is 8.42 Å². The van der Waals surface area contributed by atoms with E-state index in [1.54, 1.807) is 18.2 Å². The first-order chi connectivity index (χ1) is 9.31. The first-order valence-corrected chi connectivity index (χ1v) is 8.10. The van der Waals surface area contributed by atoms with Crippen LogP contribution in [0.3, 0.4) is 0 Å². The van der Waals surface area contributed by atoms with Gasteiger partial charge in [-0.25, -0.2) is 8.42 Å².